The van der Waals surface area contributed by atoms with Gasteiger partial charge < -0.3 is 19.7 Å². The molecule has 1 aromatic carbocycles. The van der Waals surface area contributed by atoms with Gasteiger partial charge in [-0.1, -0.05) is 26.0 Å². The predicted molar refractivity (Wildman–Crippen MR) is 111 cm³/mol. The Balaban J connectivity index is 1.73. The topological polar surface area (TPSA) is 46.1 Å². The van der Waals surface area contributed by atoms with Crippen LogP contribution in [-0.2, 0) is 10.2 Å². The van der Waals surface area contributed by atoms with E-state index in [1.54, 1.807) is 0 Å². The molecule has 2 saturated heterocycles. The molecule has 2 heterocycles. The molecule has 0 saturated carbocycles. The van der Waals surface area contributed by atoms with Crippen molar-refractivity contribution in [1.29, 1.82) is 0 Å². The summed E-state index contributed by atoms with van der Waals surface area (Å²) >= 11 is 0. The second-order valence-corrected chi connectivity index (χ2v) is 8.59. The van der Waals surface area contributed by atoms with Gasteiger partial charge in [-0.25, -0.2) is 0 Å². The van der Waals surface area contributed by atoms with Crippen LogP contribution in [0, 0.1) is 5.41 Å². The standard InChI is InChI=1S/C22H35N3O2/c1-5-27-19-8-6-18(7-9-19)22(11-14-26-15-12-22)16-24-20(23-4)25-13-10-21(2,3)17-25/h6-9H,5,10-17H2,1-4H3,(H,23,24). The lowest BCUT2D eigenvalue weighted by molar-refractivity contribution is 0.0512. The average Bonchev–Trinajstić information content (AvgIpc) is 3.03. The third-order valence-corrected chi connectivity index (χ3v) is 6.00. The van der Waals surface area contributed by atoms with E-state index in [1.165, 1.54) is 12.0 Å². The Morgan fingerprint density at radius 2 is 1.89 bits per heavy atom. The van der Waals surface area contributed by atoms with E-state index in [0.29, 0.717) is 12.0 Å². The van der Waals surface area contributed by atoms with Crippen molar-refractivity contribution in [1.82, 2.24) is 10.2 Å². The maximum Gasteiger partial charge on any atom is 0.193 e. The van der Waals surface area contributed by atoms with E-state index in [9.17, 15) is 0 Å². The van der Waals surface area contributed by atoms with Gasteiger partial charge >= 0.3 is 0 Å². The van der Waals surface area contributed by atoms with E-state index in [-0.39, 0.29) is 5.41 Å². The molecule has 0 bridgehead atoms. The van der Waals surface area contributed by atoms with Crippen LogP contribution >= 0.6 is 0 Å². The summed E-state index contributed by atoms with van der Waals surface area (Å²) in [5, 5.41) is 3.69. The monoisotopic (exact) mass is 373 g/mol. The second kappa shape index (κ2) is 8.51. The lowest BCUT2D eigenvalue weighted by Gasteiger charge is -2.39. The maximum absolute atomic E-state index is 5.68. The highest BCUT2D eigenvalue weighted by Crippen LogP contribution is 2.35. The number of rotatable bonds is 5. The molecule has 0 atom stereocenters. The van der Waals surface area contributed by atoms with E-state index < -0.39 is 0 Å². The minimum absolute atomic E-state index is 0.0776. The summed E-state index contributed by atoms with van der Waals surface area (Å²) in [6.45, 7) is 12.0. The van der Waals surface area contributed by atoms with Crippen molar-refractivity contribution in [3.05, 3.63) is 29.8 Å². The summed E-state index contributed by atoms with van der Waals surface area (Å²) in [5.41, 5.74) is 1.80. The molecule has 0 aliphatic carbocycles. The van der Waals surface area contributed by atoms with Gasteiger partial charge in [0, 0.05) is 45.3 Å². The number of ether oxygens (including phenoxy) is 2. The third-order valence-electron chi connectivity index (χ3n) is 6.00. The smallest absolute Gasteiger partial charge is 0.193 e. The van der Waals surface area contributed by atoms with E-state index in [0.717, 1.165) is 57.4 Å². The van der Waals surface area contributed by atoms with Crippen LogP contribution < -0.4 is 10.1 Å². The SMILES string of the molecule is CCOc1ccc(C2(CNC(=NC)N3CCC(C)(C)C3)CCOCC2)cc1. The molecule has 27 heavy (non-hydrogen) atoms. The number of nitrogens with one attached hydrogen (secondary N) is 1. The zero-order valence-corrected chi connectivity index (χ0v) is 17.4. The number of benzene rings is 1. The second-order valence-electron chi connectivity index (χ2n) is 8.59. The van der Waals surface area contributed by atoms with Crippen molar-refractivity contribution in [2.75, 3.05) is 46.5 Å². The van der Waals surface area contributed by atoms with Crippen molar-refractivity contribution < 1.29 is 9.47 Å². The summed E-state index contributed by atoms with van der Waals surface area (Å²) in [4.78, 5) is 6.96. The fourth-order valence-electron chi connectivity index (χ4n) is 4.27. The van der Waals surface area contributed by atoms with Crippen LogP contribution in [-0.4, -0.2) is 57.4 Å². The summed E-state index contributed by atoms with van der Waals surface area (Å²) < 4.78 is 11.3. The van der Waals surface area contributed by atoms with Crippen molar-refractivity contribution in [2.45, 2.75) is 45.4 Å². The molecule has 0 spiro atoms. The zero-order valence-electron chi connectivity index (χ0n) is 17.4. The quantitative estimate of drug-likeness (QED) is 0.634. The van der Waals surface area contributed by atoms with Crippen LogP contribution in [0.15, 0.2) is 29.3 Å². The number of guanidine groups is 1. The minimum Gasteiger partial charge on any atom is -0.494 e. The predicted octanol–water partition coefficient (Wildman–Crippen LogP) is 3.44. The number of likely N-dealkylation sites (tertiary alicyclic amines) is 1. The Morgan fingerprint density at radius 1 is 1.19 bits per heavy atom. The first kappa shape index (κ1) is 20.0. The molecule has 5 nitrogen and oxygen atoms in total. The van der Waals surface area contributed by atoms with Crippen molar-refractivity contribution in [3.63, 3.8) is 0 Å². The van der Waals surface area contributed by atoms with E-state index in [1.807, 2.05) is 14.0 Å². The Hall–Kier alpha value is -1.75. The van der Waals surface area contributed by atoms with Gasteiger partial charge in [-0.05, 0) is 49.3 Å². The van der Waals surface area contributed by atoms with Crippen LogP contribution in [0.1, 0.15) is 45.6 Å². The number of nitrogens with zero attached hydrogens (tertiary/aromatic N) is 2. The van der Waals surface area contributed by atoms with Crippen molar-refractivity contribution in [3.8, 4) is 5.75 Å². The molecule has 0 radical (unpaired) electrons. The fourth-order valence-corrected chi connectivity index (χ4v) is 4.27. The van der Waals surface area contributed by atoms with Gasteiger partial charge in [0.05, 0.1) is 6.61 Å². The highest BCUT2D eigenvalue weighted by Gasteiger charge is 2.36. The maximum atomic E-state index is 5.68. The first-order valence-corrected chi connectivity index (χ1v) is 10.2. The summed E-state index contributed by atoms with van der Waals surface area (Å²) in [6, 6.07) is 8.63. The van der Waals surface area contributed by atoms with Crippen LogP contribution in [0.25, 0.3) is 0 Å². The van der Waals surface area contributed by atoms with Gasteiger partial charge in [0.1, 0.15) is 5.75 Å². The molecule has 0 unspecified atom stereocenters. The average molecular weight is 374 g/mol. The Labute approximate surface area is 164 Å². The van der Waals surface area contributed by atoms with Gasteiger partial charge in [-0.15, -0.1) is 0 Å². The molecule has 0 amide bonds. The summed E-state index contributed by atoms with van der Waals surface area (Å²) in [7, 11) is 1.89. The Kier molecular flexibility index (Phi) is 6.30. The van der Waals surface area contributed by atoms with Crippen LogP contribution in [0.2, 0.25) is 0 Å². The highest BCUT2D eigenvalue weighted by molar-refractivity contribution is 5.80. The lowest BCUT2D eigenvalue weighted by atomic mass is 9.74. The Bertz CT molecular complexity index is 633. The number of aliphatic imine (C=N–C) groups is 1. The van der Waals surface area contributed by atoms with Gasteiger partial charge in [0.25, 0.3) is 0 Å². The third kappa shape index (κ3) is 4.75. The molecule has 2 fully saturated rings. The van der Waals surface area contributed by atoms with E-state index in [4.69, 9.17) is 9.47 Å². The summed E-state index contributed by atoms with van der Waals surface area (Å²) in [6.07, 6.45) is 3.26. The molecule has 3 rings (SSSR count). The molecule has 1 N–H and O–H groups in total. The van der Waals surface area contributed by atoms with E-state index >= 15 is 0 Å². The molecule has 150 valence electrons. The normalized spacial score (nSPS) is 21.9. The first-order chi connectivity index (χ1) is 13.0. The lowest BCUT2D eigenvalue weighted by Crippen LogP contribution is -2.49. The minimum atomic E-state index is 0.0776. The molecular weight excluding hydrogens is 338 g/mol. The van der Waals surface area contributed by atoms with Crippen LogP contribution in [0.3, 0.4) is 0 Å². The van der Waals surface area contributed by atoms with Crippen LogP contribution in [0.5, 0.6) is 5.75 Å². The Morgan fingerprint density at radius 3 is 2.44 bits per heavy atom. The molecule has 2 aliphatic heterocycles. The van der Waals surface area contributed by atoms with Crippen LogP contribution in [0.4, 0.5) is 0 Å². The zero-order chi connectivity index (χ0) is 19.3. The fraction of sp³-hybridized carbons (Fsp3) is 0.682. The van der Waals surface area contributed by atoms with E-state index in [2.05, 4.69) is 53.3 Å². The van der Waals surface area contributed by atoms with Gasteiger partial charge in [0.15, 0.2) is 5.96 Å². The number of hydrogen-bond acceptors (Lipinski definition) is 3. The number of hydrogen-bond donors (Lipinski definition) is 1. The van der Waals surface area contributed by atoms with Gasteiger partial charge in [-0.2, -0.15) is 0 Å². The van der Waals surface area contributed by atoms with Crippen molar-refractivity contribution in [2.24, 2.45) is 10.4 Å². The molecule has 0 aromatic heterocycles. The molecule has 1 aromatic rings. The first-order valence-electron chi connectivity index (χ1n) is 10.2. The summed E-state index contributed by atoms with van der Waals surface area (Å²) in [5.74, 6) is 1.96. The molecule has 2 aliphatic rings. The van der Waals surface area contributed by atoms with Gasteiger partial charge in [0.2, 0.25) is 0 Å². The largest absolute Gasteiger partial charge is 0.494 e. The molecule has 5 heteroatoms. The van der Waals surface area contributed by atoms with Crippen molar-refractivity contribution >= 4 is 5.96 Å². The highest BCUT2D eigenvalue weighted by atomic mass is 16.5. The van der Waals surface area contributed by atoms with Gasteiger partial charge in [-0.3, -0.25) is 4.99 Å². The molecular formula is C22H35N3O2.